The standard InChI is InChI=1S/C8H10.H3OP/c1-7-5-3-4-6-8(7)2;1-2/h3-6H,1-2H3;1H,2H2. The van der Waals surface area contributed by atoms with Gasteiger partial charge in [-0.1, -0.05) is 24.3 Å². The van der Waals surface area contributed by atoms with Crippen LogP contribution in [0, 0.1) is 13.8 Å². The molecule has 0 aliphatic heterocycles. The highest BCUT2D eigenvalue weighted by atomic mass is 31.0. The second-order valence-corrected chi connectivity index (χ2v) is 2.08. The zero-order valence-electron chi connectivity index (χ0n) is 6.33. The van der Waals surface area contributed by atoms with Gasteiger partial charge in [0.15, 0.2) is 0 Å². The van der Waals surface area contributed by atoms with E-state index in [0.717, 1.165) is 0 Å². The summed E-state index contributed by atoms with van der Waals surface area (Å²) < 4.78 is 0. The van der Waals surface area contributed by atoms with Gasteiger partial charge in [-0.25, -0.2) is 0 Å². The van der Waals surface area contributed by atoms with Crippen LogP contribution in [0.15, 0.2) is 24.3 Å². The summed E-state index contributed by atoms with van der Waals surface area (Å²) >= 11 is 0. The summed E-state index contributed by atoms with van der Waals surface area (Å²) in [7, 11) is 1.42. The Bertz CT molecular complexity index is 165. The zero-order chi connectivity index (χ0) is 7.98. The molecule has 1 unspecified atom stereocenters. The molecule has 1 rings (SSSR count). The minimum absolute atomic E-state index is 1.37. The summed E-state index contributed by atoms with van der Waals surface area (Å²) in [6.45, 7) is 4.24. The lowest BCUT2D eigenvalue weighted by Gasteiger charge is -1.93. The van der Waals surface area contributed by atoms with Crippen LogP contribution in [0.2, 0.25) is 0 Å². The van der Waals surface area contributed by atoms with Crippen molar-refractivity contribution in [2.75, 3.05) is 0 Å². The number of rotatable bonds is 0. The number of aryl methyl sites for hydroxylation is 2. The Labute approximate surface area is 64.4 Å². The predicted octanol–water partition coefficient (Wildman–Crippen LogP) is 2.07. The van der Waals surface area contributed by atoms with Gasteiger partial charge in [0.1, 0.15) is 0 Å². The van der Waals surface area contributed by atoms with Gasteiger partial charge in [0.05, 0.1) is 0 Å². The Kier molecular flexibility index (Phi) is 5.19. The molecule has 0 amide bonds. The molecule has 10 heavy (non-hydrogen) atoms. The Morgan fingerprint density at radius 1 is 1.00 bits per heavy atom. The zero-order valence-corrected chi connectivity index (χ0v) is 7.49. The molecule has 2 heteroatoms. The minimum Gasteiger partial charge on any atom is -0.380 e. The van der Waals surface area contributed by atoms with E-state index in [1.807, 2.05) is 0 Å². The van der Waals surface area contributed by atoms with Crippen LogP contribution in [0.25, 0.3) is 0 Å². The molecule has 1 N–H and O–H groups in total. The molecule has 0 aliphatic rings. The monoisotopic (exact) mass is 156 g/mol. The summed E-state index contributed by atoms with van der Waals surface area (Å²) in [6.07, 6.45) is 0. The summed E-state index contributed by atoms with van der Waals surface area (Å²) in [5, 5.41) is 0. The molecule has 1 atom stereocenters. The van der Waals surface area contributed by atoms with Gasteiger partial charge in [-0.05, 0) is 34.4 Å². The molecule has 0 heterocycles. The quantitative estimate of drug-likeness (QED) is 0.570. The van der Waals surface area contributed by atoms with Crippen molar-refractivity contribution in [2.24, 2.45) is 0 Å². The molecule has 0 bridgehead atoms. The van der Waals surface area contributed by atoms with Gasteiger partial charge >= 0.3 is 0 Å². The molecule has 0 aromatic heterocycles. The Morgan fingerprint density at radius 3 is 1.50 bits per heavy atom. The third-order valence-electron chi connectivity index (χ3n) is 1.43. The van der Waals surface area contributed by atoms with Gasteiger partial charge < -0.3 is 4.89 Å². The van der Waals surface area contributed by atoms with Crippen molar-refractivity contribution < 1.29 is 4.89 Å². The largest absolute Gasteiger partial charge is 0.380 e. The van der Waals surface area contributed by atoms with Crippen LogP contribution in [-0.2, 0) is 0 Å². The average molecular weight is 156 g/mol. The second-order valence-electron chi connectivity index (χ2n) is 2.08. The third kappa shape index (κ3) is 2.95. The van der Waals surface area contributed by atoms with Gasteiger partial charge in [-0.15, -0.1) is 0 Å². The fourth-order valence-electron chi connectivity index (χ4n) is 0.663. The first-order valence-corrected chi connectivity index (χ1v) is 3.60. The summed E-state index contributed by atoms with van der Waals surface area (Å²) in [5.74, 6) is 0. The molecular formula is C8H13OP. The van der Waals surface area contributed by atoms with Crippen LogP contribution < -0.4 is 0 Å². The lowest BCUT2D eigenvalue weighted by atomic mass is 10.1. The van der Waals surface area contributed by atoms with E-state index in [-0.39, 0.29) is 0 Å². The molecule has 1 aromatic carbocycles. The molecule has 0 spiro atoms. The third-order valence-corrected chi connectivity index (χ3v) is 1.43. The van der Waals surface area contributed by atoms with Crippen LogP contribution in [0.4, 0.5) is 0 Å². The molecule has 56 valence electrons. The van der Waals surface area contributed by atoms with Crippen molar-refractivity contribution in [2.45, 2.75) is 13.8 Å². The van der Waals surface area contributed by atoms with Crippen molar-refractivity contribution in [1.82, 2.24) is 0 Å². The Hall–Kier alpha value is -0.390. The average Bonchev–Trinajstić information content (AvgIpc) is 2.00. The van der Waals surface area contributed by atoms with Crippen LogP contribution in [0.5, 0.6) is 0 Å². The summed E-state index contributed by atoms with van der Waals surface area (Å²) in [4.78, 5) is 6.92. The van der Waals surface area contributed by atoms with Gasteiger partial charge in [0.25, 0.3) is 0 Å². The Balaban J connectivity index is 0.000000371. The van der Waals surface area contributed by atoms with E-state index < -0.39 is 0 Å². The van der Waals surface area contributed by atoms with Crippen LogP contribution >= 0.6 is 9.47 Å². The predicted molar refractivity (Wildman–Crippen MR) is 47.8 cm³/mol. The first kappa shape index (κ1) is 9.61. The Morgan fingerprint density at radius 2 is 1.30 bits per heavy atom. The van der Waals surface area contributed by atoms with E-state index in [1.165, 1.54) is 20.6 Å². The highest BCUT2D eigenvalue weighted by Crippen LogP contribution is 2.02. The number of benzene rings is 1. The van der Waals surface area contributed by atoms with E-state index in [9.17, 15) is 0 Å². The first-order valence-electron chi connectivity index (χ1n) is 3.09. The lowest BCUT2D eigenvalue weighted by Crippen LogP contribution is -1.74. The molecular weight excluding hydrogens is 143 g/mol. The molecule has 0 aliphatic carbocycles. The summed E-state index contributed by atoms with van der Waals surface area (Å²) in [5.41, 5.74) is 2.74. The molecule has 0 saturated carbocycles. The maximum atomic E-state index is 6.92. The van der Waals surface area contributed by atoms with E-state index in [2.05, 4.69) is 38.1 Å². The van der Waals surface area contributed by atoms with E-state index in [1.54, 1.807) is 0 Å². The van der Waals surface area contributed by atoms with Crippen molar-refractivity contribution in [3.05, 3.63) is 35.4 Å². The van der Waals surface area contributed by atoms with E-state index >= 15 is 0 Å². The minimum atomic E-state index is 1.37. The topological polar surface area (TPSA) is 20.2 Å². The molecule has 1 aromatic rings. The fraction of sp³-hybridized carbons (Fsp3) is 0.250. The second kappa shape index (κ2) is 5.40. The smallest absolute Gasteiger partial charge is 0.00391 e. The lowest BCUT2D eigenvalue weighted by molar-refractivity contribution is 0.664. The number of hydrogen-bond acceptors (Lipinski definition) is 1. The molecule has 0 fully saturated rings. The van der Waals surface area contributed by atoms with Crippen molar-refractivity contribution in [3.63, 3.8) is 0 Å². The number of hydrogen-bond donors (Lipinski definition) is 1. The highest BCUT2D eigenvalue weighted by molar-refractivity contribution is 7.08. The maximum Gasteiger partial charge on any atom is -0.00391 e. The molecule has 1 nitrogen and oxygen atoms in total. The van der Waals surface area contributed by atoms with Crippen molar-refractivity contribution in [1.29, 1.82) is 0 Å². The van der Waals surface area contributed by atoms with Crippen LogP contribution in [0.3, 0.4) is 0 Å². The summed E-state index contributed by atoms with van der Waals surface area (Å²) in [6, 6.07) is 8.36. The highest BCUT2D eigenvalue weighted by Gasteiger charge is 1.83. The van der Waals surface area contributed by atoms with Crippen LogP contribution in [-0.4, -0.2) is 4.89 Å². The molecule has 0 radical (unpaired) electrons. The van der Waals surface area contributed by atoms with Crippen LogP contribution in [0.1, 0.15) is 11.1 Å². The van der Waals surface area contributed by atoms with Gasteiger partial charge in [0, 0.05) is 0 Å². The fourth-order valence-corrected chi connectivity index (χ4v) is 0.663. The van der Waals surface area contributed by atoms with Gasteiger partial charge in [-0.3, -0.25) is 0 Å². The maximum absolute atomic E-state index is 6.92. The molecule has 0 saturated heterocycles. The SMILES string of the molecule is Cc1ccccc1C.OP. The van der Waals surface area contributed by atoms with Crippen molar-refractivity contribution in [3.8, 4) is 0 Å². The van der Waals surface area contributed by atoms with E-state index in [0.29, 0.717) is 0 Å². The van der Waals surface area contributed by atoms with E-state index in [4.69, 9.17) is 4.89 Å². The van der Waals surface area contributed by atoms with Gasteiger partial charge in [-0.2, -0.15) is 0 Å². The van der Waals surface area contributed by atoms with Crippen molar-refractivity contribution >= 4 is 9.47 Å². The normalized spacial score (nSPS) is 8.00. The van der Waals surface area contributed by atoms with Gasteiger partial charge in [0.2, 0.25) is 0 Å². The first-order chi connectivity index (χ1) is 4.80.